The smallest absolute Gasteiger partial charge is 0.102 e. The van der Waals surface area contributed by atoms with E-state index in [0.29, 0.717) is 6.42 Å². The Bertz CT molecular complexity index is 634. The lowest BCUT2D eigenvalue weighted by Crippen LogP contribution is -2.13. The van der Waals surface area contributed by atoms with E-state index in [0.717, 1.165) is 0 Å². The zero-order valence-electron chi connectivity index (χ0n) is 12.0. The third-order valence-electron chi connectivity index (χ3n) is 3.71. The summed E-state index contributed by atoms with van der Waals surface area (Å²) < 4.78 is 0. The Kier molecular flexibility index (Phi) is 4.32. The Morgan fingerprint density at radius 2 is 1.67 bits per heavy atom. The Labute approximate surface area is 129 Å². The highest BCUT2D eigenvalue weighted by Crippen LogP contribution is 2.41. The van der Waals surface area contributed by atoms with Gasteiger partial charge in [0.1, 0.15) is 5.37 Å². The molecule has 0 aliphatic carbocycles. The van der Waals surface area contributed by atoms with Gasteiger partial charge in [0.25, 0.3) is 0 Å². The summed E-state index contributed by atoms with van der Waals surface area (Å²) in [6, 6.07) is 19.1. The number of aliphatic hydroxyl groups is 1. The van der Waals surface area contributed by atoms with Crippen LogP contribution in [0.3, 0.4) is 0 Å². The highest BCUT2D eigenvalue weighted by molar-refractivity contribution is 8.03. The molecular weight excluding hydrogens is 278 g/mol. The number of rotatable bonds is 4. The van der Waals surface area contributed by atoms with Crippen molar-refractivity contribution < 1.29 is 5.11 Å². The molecule has 0 aromatic heterocycles. The molecule has 3 rings (SSSR count). The molecular formula is C18H19NOS. The Morgan fingerprint density at radius 3 is 2.33 bits per heavy atom. The lowest BCUT2D eigenvalue weighted by atomic mass is 10.0. The maximum absolute atomic E-state index is 9.08. The summed E-state index contributed by atoms with van der Waals surface area (Å²) in [5.74, 6) is 0. The van der Waals surface area contributed by atoms with Crippen molar-refractivity contribution in [2.75, 3.05) is 6.61 Å². The van der Waals surface area contributed by atoms with Crippen LogP contribution in [0.1, 0.15) is 24.3 Å². The topological polar surface area (TPSA) is 32.3 Å². The largest absolute Gasteiger partial charge is 0.396 e. The lowest BCUT2D eigenvalue weighted by molar-refractivity contribution is 0.296. The first kappa shape index (κ1) is 14.2. The number of allylic oxidation sites excluding steroid dienone is 1. The van der Waals surface area contributed by atoms with Crippen molar-refractivity contribution in [3.05, 3.63) is 70.8 Å². The maximum Gasteiger partial charge on any atom is 0.102 e. The minimum Gasteiger partial charge on any atom is -0.396 e. The van der Waals surface area contributed by atoms with Gasteiger partial charge < -0.3 is 10.4 Å². The zero-order valence-corrected chi connectivity index (χ0v) is 12.9. The summed E-state index contributed by atoms with van der Waals surface area (Å²) in [4.78, 5) is 1.28. The minimum atomic E-state index is 0.194. The Morgan fingerprint density at radius 1 is 1.00 bits per heavy atom. The average molecular weight is 297 g/mol. The molecule has 108 valence electrons. The number of aliphatic hydroxyl groups excluding tert-OH is 1. The first-order valence-corrected chi connectivity index (χ1v) is 8.05. The van der Waals surface area contributed by atoms with Gasteiger partial charge in [-0.2, -0.15) is 0 Å². The summed E-state index contributed by atoms with van der Waals surface area (Å²) in [6.07, 6.45) is 0.706. The van der Waals surface area contributed by atoms with Crippen molar-refractivity contribution >= 4 is 11.8 Å². The molecule has 0 saturated carbocycles. The monoisotopic (exact) mass is 297 g/mol. The molecule has 1 heterocycles. The van der Waals surface area contributed by atoms with E-state index < -0.39 is 0 Å². The van der Waals surface area contributed by atoms with Crippen LogP contribution < -0.4 is 5.32 Å². The molecule has 1 atom stereocenters. The molecule has 0 radical (unpaired) electrons. The van der Waals surface area contributed by atoms with Crippen molar-refractivity contribution in [3.63, 3.8) is 0 Å². The molecule has 0 spiro atoms. The van der Waals surface area contributed by atoms with Gasteiger partial charge in [0, 0.05) is 23.6 Å². The molecule has 0 bridgehead atoms. The third kappa shape index (κ3) is 3.14. The van der Waals surface area contributed by atoms with Gasteiger partial charge in [0.2, 0.25) is 0 Å². The fourth-order valence-electron chi connectivity index (χ4n) is 2.53. The van der Waals surface area contributed by atoms with E-state index in [1.54, 1.807) is 0 Å². The van der Waals surface area contributed by atoms with Crippen molar-refractivity contribution in [1.82, 2.24) is 5.32 Å². The maximum atomic E-state index is 9.08. The van der Waals surface area contributed by atoms with Crippen LogP contribution >= 0.6 is 11.8 Å². The minimum absolute atomic E-state index is 0.194. The van der Waals surface area contributed by atoms with Crippen LogP contribution in [0.4, 0.5) is 0 Å². The van der Waals surface area contributed by atoms with Crippen LogP contribution in [-0.2, 0) is 0 Å². The van der Waals surface area contributed by atoms with Gasteiger partial charge in [-0.15, -0.1) is 0 Å². The quantitative estimate of drug-likeness (QED) is 0.882. The molecule has 2 nitrogen and oxygen atoms in total. The van der Waals surface area contributed by atoms with Crippen molar-refractivity contribution in [2.45, 2.75) is 18.7 Å². The second-order valence-corrected chi connectivity index (χ2v) is 6.46. The number of nitrogens with one attached hydrogen (secondary N) is 1. The van der Waals surface area contributed by atoms with Gasteiger partial charge in [-0.3, -0.25) is 0 Å². The van der Waals surface area contributed by atoms with E-state index >= 15 is 0 Å². The van der Waals surface area contributed by atoms with Crippen molar-refractivity contribution in [1.29, 1.82) is 0 Å². The molecule has 2 N–H and O–H groups in total. The molecule has 21 heavy (non-hydrogen) atoms. The van der Waals surface area contributed by atoms with Gasteiger partial charge in [-0.1, -0.05) is 66.4 Å². The Hall–Kier alpha value is -1.71. The number of hydrogen-bond acceptors (Lipinski definition) is 3. The zero-order chi connectivity index (χ0) is 14.7. The van der Waals surface area contributed by atoms with Crippen molar-refractivity contribution in [2.24, 2.45) is 0 Å². The lowest BCUT2D eigenvalue weighted by Gasteiger charge is -2.13. The second kappa shape index (κ2) is 6.37. The summed E-state index contributed by atoms with van der Waals surface area (Å²) in [7, 11) is 0. The number of thioether (sulfide) groups is 1. The molecule has 2 aromatic rings. The first-order chi connectivity index (χ1) is 10.3. The fraction of sp³-hybridized carbons (Fsp3) is 0.222. The molecule has 3 heteroatoms. The fourth-order valence-corrected chi connectivity index (χ4v) is 3.68. The first-order valence-electron chi connectivity index (χ1n) is 7.17. The van der Waals surface area contributed by atoms with Gasteiger partial charge in [0.15, 0.2) is 0 Å². The van der Waals surface area contributed by atoms with Crippen LogP contribution in [0.15, 0.2) is 65.2 Å². The van der Waals surface area contributed by atoms with Gasteiger partial charge in [-0.25, -0.2) is 0 Å². The summed E-state index contributed by atoms with van der Waals surface area (Å²) in [5, 5.41) is 12.8. The van der Waals surface area contributed by atoms with Gasteiger partial charge in [0.05, 0.1) is 0 Å². The standard InChI is InChI=1S/C18H19NOS/c1-13-17(11-12-20)19-18(21-13)16-9-7-15(8-10-16)14-5-3-2-4-6-14/h2-10,18-20H,11-12H2,1H3. The van der Waals surface area contributed by atoms with Crippen molar-refractivity contribution in [3.8, 4) is 11.1 Å². The molecule has 0 fully saturated rings. The molecule has 1 aliphatic rings. The van der Waals surface area contributed by atoms with E-state index in [2.05, 4.69) is 60.8 Å². The normalized spacial score (nSPS) is 17.9. The molecule has 2 aromatic carbocycles. The van der Waals surface area contributed by atoms with Gasteiger partial charge in [-0.05, 0) is 23.6 Å². The van der Waals surface area contributed by atoms with Crippen LogP contribution in [0.5, 0.6) is 0 Å². The predicted octanol–water partition coefficient (Wildman–Crippen LogP) is 4.30. The summed E-state index contributed by atoms with van der Waals surface area (Å²) in [5.41, 5.74) is 4.92. The SMILES string of the molecule is CC1=C(CCO)NC(c2ccc(-c3ccccc3)cc2)S1. The van der Waals surface area contributed by atoms with E-state index in [-0.39, 0.29) is 12.0 Å². The molecule has 0 saturated heterocycles. The second-order valence-electron chi connectivity index (χ2n) is 5.14. The van der Waals surface area contributed by atoms with Crippen LogP contribution in [-0.4, -0.2) is 11.7 Å². The average Bonchev–Trinajstić information content (AvgIpc) is 2.90. The van der Waals surface area contributed by atoms with E-state index in [1.165, 1.54) is 27.3 Å². The molecule has 1 aliphatic heterocycles. The molecule has 1 unspecified atom stereocenters. The summed E-state index contributed by atoms with van der Waals surface area (Å²) in [6.45, 7) is 2.31. The highest BCUT2D eigenvalue weighted by Gasteiger charge is 2.22. The number of benzene rings is 2. The van der Waals surface area contributed by atoms with Crippen LogP contribution in [0, 0.1) is 0 Å². The van der Waals surface area contributed by atoms with Gasteiger partial charge >= 0.3 is 0 Å². The van der Waals surface area contributed by atoms with Crippen LogP contribution in [0.2, 0.25) is 0 Å². The third-order valence-corrected chi connectivity index (χ3v) is 4.93. The highest BCUT2D eigenvalue weighted by atomic mass is 32.2. The molecule has 0 amide bonds. The van der Waals surface area contributed by atoms with E-state index in [4.69, 9.17) is 5.11 Å². The Balaban J connectivity index is 1.74. The van der Waals surface area contributed by atoms with E-state index in [1.807, 2.05) is 17.8 Å². The predicted molar refractivity (Wildman–Crippen MR) is 89.7 cm³/mol. The van der Waals surface area contributed by atoms with Crippen LogP contribution in [0.25, 0.3) is 11.1 Å². The number of hydrogen-bond donors (Lipinski definition) is 2. The van der Waals surface area contributed by atoms with E-state index in [9.17, 15) is 0 Å². The summed E-state index contributed by atoms with van der Waals surface area (Å²) >= 11 is 1.83.